The van der Waals surface area contributed by atoms with Crippen molar-refractivity contribution >= 4 is 5.91 Å². The number of nitrogens with zero attached hydrogens (tertiary/aromatic N) is 1. The lowest BCUT2D eigenvalue weighted by molar-refractivity contribution is -0.121. The first-order valence-corrected chi connectivity index (χ1v) is 10.2. The SMILES string of the molecule is O=C(CCCc1ccc2c(c1)OCCO2)NCC(c1ccco1)N1CCCC1. The van der Waals surface area contributed by atoms with Crippen LogP contribution in [0.4, 0.5) is 0 Å². The van der Waals surface area contributed by atoms with E-state index in [9.17, 15) is 4.79 Å². The quantitative estimate of drug-likeness (QED) is 0.756. The summed E-state index contributed by atoms with van der Waals surface area (Å²) < 4.78 is 16.8. The van der Waals surface area contributed by atoms with Crippen LogP contribution in [0.15, 0.2) is 41.0 Å². The second-order valence-corrected chi connectivity index (χ2v) is 7.41. The molecular weight excluding hydrogens is 356 g/mol. The van der Waals surface area contributed by atoms with Gasteiger partial charge in [-0.3, -0.25) is 9.69 Å². The van der Waals surface area contributed by atoms with Crippen LogP contribution in [0.25, 0.3) is 0 Å². The van der Waals surface area contributed by atoms with Crippen molar-refractivity contribution in [3.63, 3.8) is 0 Å². The third-order valence-corrected chi connectivity index (χ3v) is 5.42. The predicted octanol–water partition coefficient (Wildman–Crippen LogP) is 3.33. The molecule has 1 N–H and O–H groups in total. The number of hydrogen-bond acceptors (Lipinski definition) is 5. The molecule has 6 heteroatoms. The lowest BCUT2D eigenvalue weighted by atomic mass is 10.1. The van der Waals surface area contributed by atoms with E-state index in [-0.39, 0.29) is 11.9 Å². The zero-order valence-electron chi connectivity index (χ0n) is 16.2. The Balaban J connectivity index is 1.24. The summed E-state index contributed by atoms with van der Waals surface area (Å²) >= 11 is 0. The van der Waals surface area contributed by atoms with E-state index in [1.807, 2.05) is 30.3 Å². The third-order valence-electron chi connectivity index (χ3n) is 5.42. The van der Waals surface area contributed by atoms with Crippen molar-refractivity contribution in [3.8, 4) is 11.5 Å². The van der Waals surface area contributed by atoms with E-state index in [0.717, 1.165) is 43.2 Å². The van der Waals surface area contributed by atoms with Crippen molar-refractivity contribution in [2.24, 2.45) is 0 Å². The average Bonchev–Trinajstić information content (AvgIpc) is 3.43. The zero-order chi connectivity index (χ0) is 19.2. The highest BCUT2D eigenvalue weighted by molar-refractivity contribution is 5.75. The second-order valence-electron chi connectivity index (χ2n) is 7.41. The van der Waals surface area contributed by atoms with Gasteiger partial charge in [0.2, 0.25) is 5.91 Å². The van der Waals surface area contributed by atoms with E-state index < -0.39 is 0 Å². The fourth-order valence-electron chi connectivity index (χ4n) is 3.94. The van der Waals surface area contributed by atoms with Crippen LogP contribution < -0.4 is 14.8 Å². The Morgan fingerprint density at radius 2 is 1.93 bits per heavy atom. The molecule has 1 saturated heterocycles. The lowest BCUT2D eigenvalue weighted by Gasteiger charge is -2.26. The third kappa shape index (κ3) is 4.68. The lowest BCUT2D eigenvalue weighted by Crippen LogP contribution is -2.36. The first kappa shape index (κ1) is 18.9. The van der Waals surface area contributed by atoms with Gasteiger partial charge in [0.05, 0.1) is 12.3 Å². The Labute approximate surface area is 165 Å². The molecule has 0 bridgehead atoms. The Bertz CT molecular complexity index is 769. The number of aryl methyl sites for hydroxylation is 1. The number of hydrogen-bond donors (Lipinski definition) is 1. The molecule has 0 radical (unpaired) electrons. The second kappa shape index (κ2) is 9.15. The van der Waals surface area contributed by atoms with Gasteiger partial charge < -0.3 is 19.2 Å². The fraction of sp³-hybridized carbons (Fsp3) is 0.500. The minimum Gasteiger partial charge on any atom is -0.486 e. The number of rotatable bonds is 8. The van der Waals surface area contributed by atoms with Gasteiger partial charge in [0.1, 0.15) is 19.0 Å². The number of furan rings is 1. The van der Waals surface area contributed by atoms with Gasteiger partial charge in [0.15, 0.2) is 11.5 Å². The molecule has 28 heavy (non-hydrogen) atoms. The molecule has 0 aliphatic carbocycles. The molecule has 1 amide bonds. The molecule has 2 aromatic rings. The number of likely N-dealkylation sites (tertiary alicyclic amines) is 1. The van der Waals surface area contributed by atoms with Crippen molar-refractivity contribution in [3.05, 3.63) is 47.9 Å². The molecule has 1 atom stereocenters. The van der Waals surface area contributed by atoms with Crippen LogP contribution in [0, 0.1) is 0 Å². The average molecular weight is 384 g/mol. The molecule has 2 aliphatic heterocycles. The maximum atomic E-state index is 12.3. The first-order valence-electron chi connectivity index (χ1n) is 10.2. The molecule has 2 aliphatic rings. The summed E-state index contributed by atoms with van der Waals surface area (Å²) in [6.07, 6.45) is 6.28. The molecule has 0 saturated carbocycles. The van der Waals surface area contributed by atoms with Crippen molar-refractivity contribution in [2.45, 2.75) is 38.1 Å². The van der Waals surface area contributed by atoms with E-state index >= 15 is 0 Å². The highest BCUT2D eigenvalue weighted by Gasteiger charge is 2.25. The smallest absolute Gasteiger partial charge is 0.220 e. The minimum absolute atomic E-state index is 0.0910. The summed E-state index contributed by atoms with van der Waals surface area (Å²) in [4.78, 5) is 14.7. The topological polar surface area (TPSA) is 63.9 Å². The monoisotopic (exact) mass is 384 g/mol. The highest BCUT2D eigenvalue weighted by atomic mass is 16.6. The molecular formula is C22H28N2O4. The van der Waals surface area contributed by atoms with Crippen molar-refractivity contribution in [1.82, 2.24) is 10.2 Å². The molecule has 3 heterocycles. The number of amides is 1. The van der Waals surface area contributed by atoms with Crippen molar-refractivity contribution in [2.75, 3.05) is 32.8 Å². The van der Waals surface area contributed by atoms with Crippen LogP contribution in [-0.4, -0.2) is 43.7 Å². The number of fused-ring (bicyclic) bond motifs is 1. The Kier molecular flexibility index (Phi) is 6.17. The van der Waals surface area contributed by atoms with Crippen molar-refractivity contribution < 1.29 is 18.7 Å². The van der Waals surface area contributed by atoms with E-state index in [0.29, 0.717) is 26.2 Å². The maximum absolute atomic E-state index is 12.3. The van der Waals surface area contributed by atoms with Gasteiger partial charge in [0.25, 0.3) is 0 Å². The number of carbonyl (C=O) groups excluding carboxylic acids is 1. The normalized spacial score (nSPS) is 17.4. The molecule has 1 unspecified atom stereocenters. The molecule has 4 rings (SSSR count). The van der Waals surface area contributed by atoms with Crippen LogP contribution in [0.3, 0.4) is 0 Å². The van der Waals surface area contributed by atoms with Gasteiger partial charge in [-0.1, -0.05) is 6.07 Å². The first-order chi connectivity index (χ1) is 13.8. The van der Waals surface area contributed by atoms with Crippen LogP contribution in [0.2, 0.25) is 0 Å². The Morgan fingerprint density at radius 1 is 1.11 bits per heavy atom. The zero-order valence-corrected chi connectivity index (χ0v) is 16.2. The van der Waals surface area contributed by atoms with Crippen LogP contribution >= 0.6 is 0 Å². The van der Waals surface area contributed by atoms with Crippen LogP contribution in [-0.2, 0) is 11.2 Å². The van der Waals surface area contributed by atoms with E-state index in [2.05, 4.69) is 10.2 Å². The molecule has 6 nitrogen and oxygen atoms in total. The summed E-state index contributed by atoms with van der Waals surface area (Å²) in [7, 11) is 0. The van der Waals surface area contributed by atoms with Gasteiger partial charge >= 0.3 is 0 Å². The summed E-state index contributed by atoms with van der Waals surface area (Å²) in [6, 6.07) is 10.1. The fourth-order valence-corrected chi connectivity index (χ4v) is 3.94. The van der Waals surface area contributed by atoms with E-state index in [1.165, 1.54) is 18.4 Å². The Hall–Kier alpha value is -2.47. The molecule has 150 valence electrons. The van der Waals surface area contributed by atoms with Gasteiger partial charge in [-0.05, 0) is 68.6 Å². The van der Waals surface area contributed by atoms with Gasteiger partial charge in [-0.2, -0.15) is 0 Å². The van der Waals surface area contributed by atoms with Gasteiger partial charge in [-0.15, -0.1) is 0 Å². The number of ether oxygens (including phenoxy) is 2. The molecule has 1 fully saturated rings. The standard InChI is InChI=1S/C22H28N2O4/c25-22(7-3-5-17-8-9-20-21(15-17)28-14-13-27-20)23-16-18(19-6-4-12-26-19)24-10-1-2-11-24/h4,6,8-9,12,15,18H,1-3,5,7,10-11,13-14,16H2,(H,23,25). The summed E-state index contributed by atoms with van der Waals surface area (Å²) in [5.74, 6) is 2.63. The number of nitrogens with one attached hydrogen (secondary N) is 1. The summed E-state index contributed by atoms with van der Waals surface area (Å²) in [5.41, 5.74) is 1.17. The Morgan fingerprint density at radius 3 is 2.71 bits per heavy atom. The molecule has 0 spiro atoms. The van der Waals surface area contributed by atoms with Crippen molar-refractivity contribution in [1.29, 1.82) is 0 Å². The van der Waals surface area contributed by atoms with Crippen LogP contribution in [0.1, 0.15) is 43.0 Å². The largest absolute Gasteiger partial charge is 0.486 e. The maximum Gasteiger partial charge on any atom is 0.220 e. The van der Waals surface area contributed by atoms with Gasteiger partial charge in [-0.25, -0.2) is 0 Å². The highest BCUT2D eigenvalue weighted by Crippen LogP contribution is 2.31. The molecule has 1 aromatic carbocycles. The van der Waals surface area contributed by atoms with E-state index in [1.54, 1.807) is 6.26 Å². The molecule has 1 aromatic heterocycles. The summed E-state index contributed by atoms with van der Waals surface area (Å²) in [6.45, 7) is 3.91. The van der Waals surface area contributed by atoms with Gasteiger partial charge in [0, 0.05) is 13.0 Å². The van der Waals surface area contributed by atoms with Crippen LogP contribution in [0.5, 0.6) is 11.5 Å². The minimum atomic E-state index is 0.0910. The number of benzene rings is 1. The number of carbonyl (C=O) groups is 1. The summed E-state index contributed by atoms with van der Waals surface area (Å²) in [5, 5.41) is 3.10. The predicted molar refractivity (Wildman–Crippen MR) is 106 cm³/mol. The van der Waals surface area contributed by atoms with E-state index in [4.69, 9.17) is 13.9 Å².